The van der Waals surface area contributed by atoms with E-state index in [1.54, 1.807) is 7.11 Å². The van der Waals surface area contributed by atoms with Crippen molar-refractivity contribution in [3.8, 4) is 5.75 Å². The number of benzene rings is 1. The van der Waals surface area contributed by atoms with Crippen LogP contribution in [0.15, 0.2) is 18.2 Å². The maximum absolute atomic E-state index is 11.1. The number of carbonyl (C=O) groups is 1. The molecule has 1 saturated carbocycles. The lowest BCUT2D eigenvalue weighted by atomic mass is 9.91. The quantitative estimate of drug-likeness (QED) is 0.789. The molecule has 0 radical (unpaired) electrons. The van der Waals surface area contributed by atoms with E-state index in [-0.39, 0.29) is 5.91 Å². The molecule has 0 aliphatic heterocycles. The molecule has 1 fully saturated rings. The Balaban J connectivity index is 2.07. The van der Waals surface area contributed by atoms with Crippen molar-refractivity contribution in [2.24, 2.45) is 5.73 Å². The summed E-state index contributed by atoms with van der Waals surface area (Å²) < 4.78 is 5.32. The van der Waals surface area contributed by atoms with Gasteiger partial charge in [0.2, 0.25) is 5.91 Å². The van der Waals surface area contributed by atoms with Crippen molar-refractivity contribution in [3.05, 3.63) is 18.2 Å². The third kappa shape index (κ3) is 3.87. The number of nitrogens with two attached hydrogens (primary N) is 1. The second-order valence-corrected chi connectivity index (χ2v) is 5.36. The second kappa shape index (κ2) is 6.61. The Bertz CT molecular complexity index is 476. The molecule has 1 aliphatic rings. The molecule has 1 aliphatic carbocycles. The third-order valence-corrected chi connectivity index (χ3v) is 3.60. The average molecular weight is 277 g/mol. The Kier molecular flexibility index (Phi) is 4.84. The second-order valence-electron chi connectivity index (χ2n) is 5.36. The molecule has 0 aromatic heterocycles. The highest BCUT2D eigenvalue weighted by atomic mass is 16.5. The first-order valence-electron chi connectivity index (χ1n) is 7.06. The van der Waals surface area contributed by atoms with Gasteiger partial charge in [-0.15, -0.1) is 0 Å². The van der Waals surface area contributed by atoms with E-state index in [0.29, 0.717) is 23.5 Å². The van der Waals surface area contributed by atoms with Crippen molar-refractivity contribution >= 4 is 17.3 Å². The van der Waals surface area contributed by atoms with Gasteiger partial charge in [-0.2, -0.15) is 0 Å². The third-order valence-electron chi connectivity index (χ3n) is 3.60. The molecule has 110 valence electrons. The molecule has 1 aromatic carbocycles. The van der Waals surface area contributed by atoms with Gasteiger partial charge in [-0.1, -0.05) is 0 Å². The van der Waals surface area contributed by atoms with Crippen LogP contribution in [0, 0.1) is 0 Å². The van der Waals surface area contributed by atoms with Crippen LogP contribution in [-0.2, 0) is 4.79 Å². The van der Waals surface area contributed by atoms with Crippen LogP contribution in [0.3, 0.4) is 0 Å². The number of rotatable bonds is 4. The number of methoxy groups -OCH3 is 1. The van der Waals surface area contributed by atoms with Crippen LogP contribution in [-0.4, -0.2) is 25.1 Å². The minimum absolute atomic E-state index is 0.109. The van der Waals surface area contributed by atoms with Gasteiger partial charge in [-0.25, -0.2) is 0 Å². The van der Waals surface area contributed by atoms with Crippen LogP contribution in [0.5, 0.6) is 5.75 Å². The molecular formula is C15H23N3O2. The molecule has 2 atom stereocenters. The van der Waals surface area contributed by atoms with Crippen molar-refractivity contribution in [1.29, 1.82) is 0 Å². The summed E-state index contributed by atoms with van der Waals surface area (Å²) in [6.45, 7) is 1.48. The first-order chi connectivity index (χ1) is 9.58. The molecular weight excluding hydrogens is 254 g/mol. The molecule has 5 heteroatoms. The maximum atomic E-state index is 11.1. The van der Waals surface area contributed by atoms with E-state index in [0.717, 1.165) is 24.9 Å². The summed E-state index contributed by atoms with van der Waals surface area (Å²) >= 11 is 0. The zero-order valence-electron chi connectivity index (χ0n) is 12.1. The van der Waals surface area contributed by atoms with Gasteiger partial charge in [0.15, 0.2) is 0 Å². The van der Waals surface area contributed by atoms with Gasteiger partial charge in [0, 0.05) is 30.8 Å². The maximum Gasteiger partial charge on any atom is 0.221 e. The summed E-state index contributed by atoms with van der Waals surface area (Å²) in [5.41, 5.74) is 7.68. The van der Waals surface area contributed by atoms with Crippen molar-refractivity contribution in [2.75, 3.05) is 17.7 Å². The summed E-state index contributed by atoms with van der Waals surface area (Å²) in [5, 5.41) is 6.24. The van der Waals surface area contributed by atoms with Gasteiger partial charge in [-0.05, 0) is 37.8 Å². The number of hydrogen-bond acceptors (Lipinski definition) is 4. The van der Waals surface area contributed by atoms with E-state index in [1.807, 2.05) is 18.2 Å². The smallest absolute Gasteiger partial charge is 0.221 e. The van der Waals surface area contributed by atoms with Crippen LogP contribution in [0.2, 0.25) is 0 Å². The fourth-order valence-electron chi connectivity index (χ4n) is 2.67. The average Bonchev–Trinajstić information content (AvgIpc) is 2.40. The molecule has 1 aromatic rings. The summed E-state index contributed by atoms with van der Waals surface area (Å²) in [7, 11) is 1.60. The lowest BCUT2D eigenvalue weighted by molar-refractivity contribution is -0.114. The number of nitrogens with one attached hydrogen (secondary N) is 2. The first-order valence-corrected chi connectivity index (χ1v) is 7.06. The predicted octanol–water partition coefficient (Wildman–Crippen LogP) is 2.34. The van der Waals surface area contributed by atoms with E-state index in [4.69, 9.17) is 10.5 Å². The SMILES string of the molecule is COc1cc(NC2CCCC(N)C2)ccc1NC(C)=O. The topological polar surface area (TPSA) is 76.4 Å². The largest absolute Gasteiger partial charge is 0.494 e. The fraction of sp³-hybridized carbons (Fsp3) is 0.533. The van der Waals surface area contributed by atoms with E-state index >= 15 is 0 Å². The van der Waals surface area contributed by atoms with E-state index in [9.17, 15) is 4.79 Å². The number of hydrogen-bond donors (Lipinski definition) is 3. The number of carbonyl (C=O) groups excluding carboxylic acids is 1. The van der Waals surface area contributed by atoms with Gasteiger partial charge >= 0.3 is 0 Å². The monoisotopic (exact) mass is 277 g/mol. The lowest BCUT2D eigenvalue weighted by Crippen LogP contribution is -2.34. The van der Waals surface area contributed by atoms with Gasteiger partial charge < -0.3 is 21.1 Å². The van der Waals surface area contributed by atoms with Crippen molar-refractivity contribution in [3.63, 3.8) is 0 Å². The standard InChI is InChI=1S/C15H23N3O2/c1-10(19)17-14-7-6-13(9-15(14)20-2)18-12-5-3-4-11(16)8-12/h6-7,9,11-12,18H,3-5,8,16H2,1-2H3,(H,17,19). The minimum atomic E-state index is -0.109. The molecule has 2 unspecified atom stereocenters. The molecule has 0 bridgehead atoms. The number of amides is 1. The summed E-state index contributed by atoms with van der Waals surface area (Å²) in [5.74, 6) is 0.549. The fourth-order valence-corrected chi connectivity index (χ4v) is 2.67. The molecule has 4 N–H and O–H groups in total. The number of ether oxygens (including phenoxy) is 1. The highest BCUT2D eigenvalue weighted by Crippen LogP contribution is 2.29. The highest BCUT2D eigenvalue weighted by molar-refractivity contribution is 5.90. The van der Waals surface area contributed by atoms with Crippen LogP contribution in [0.4, 0.5) is 11.4 Å². The van der Waals surface area contributed by atoms with E-state index in [2.05, 4.69) is 10.6 Å². The zero-order valence-corrected chi connectivity index (χ0v) is 12.1. The Morgan fingerprint density at radius 3 is 2.85 bits per heavy atom. The van der Waals surface area contributed by atoms with Gasteiger partial charge in [-0.3, -0.25) is 4.79 Å². The van der Waals surface area contributed by atoms with Gasteiger partial charge in [0.05, 0.1) is 12.8 Å². The van der Waals surface area contributed by atoms with Crippen LogP contribution < -0.4 is 21.1 Å². The summed E-state index contributed by atoms with van der Waals surface area (Å²) in [6, 6.07) is 6.42. The highest BCUT2D eigenvalue weighted by Gasteiger charge is 2.19. The van der Waals surface area contributed by atoms with E-state index < -0.39 is 0 Å². The molecule has 0 spiro atoms. The Labute approximate surface area is 119 Å². The predicted molar refractivity (Wildman–Crippen MR) is 81.2 cm³/mol. The summed E-state index contributed by atoms with van der Waals surface area (Å²) in [6.07, 6.45) is 4.42. The van der Waals surface area contributed by atoms with E-state index in [1.165, 1.54) is 13.3 Å². The Morgan fingerprint density at radius 1 is 1.40 bits per heavy atom. The van der Waals surface area contributed by atoms with Crippen molar-refractivity contribution < 1.29 is 9.53 Å². The molecule has 1 amide bonds. The van der Waals surface area contributed by atoms with Gasteiger partial charge in [0.1, 0.15) is 5.75 Å². The van der Waals surface area contributed by atoms with Crippen molar-refractivity contribution in [1.82, 2.24) is 0 Å². The number of anilines is 2. The molecule has 5 nitrogen and oxygen atoms in total. The lowest BCUT2D eigenvalue weighted by Gasteiger charge is -2.28. The molecule has 2 rings (SSSR count). The molecule has 0 heterocycles. The van der Waals surface area contributed by atoms with Gasteiger partial charge in [0.25, 0.3) is 0 Å². The van der Waals surface area contributed by atoms with Crippen molar-refractivity contribution in [2.45, 2.75) is 44.7 Å². The van der Waals surface area contributed by atoms with Crippen LogP contribution >= 0.6 is 0 Å². The Morgan fingerprint density at radius 2 is 2.20 bits per heavy atom. The molecule has 0 saturated heterocycles. The molecule has 20 heavy (non-hydrogen) atoms. The Hall–Kier alpha value is -1.75. The van der Waals surface area contributed by atoms with Crippen LogP contribution in [0.25, 0.3) is 0 Å². The first kappa shape index (κ1) is 14.7. The summed E-state index contributed by atoms with van der Waals surface area (Å²) in [4.78, 5) is 11.1. The normalized spacial score (nSPS) is 22.1. The zero-order chi connectivity index (χ0) is 14.5. The minimum Gasteiger partial charge on any atom is -0.494 e. The van der Waals surface area contributed by atoms with Crippen LogP contribution in [0.1, 0.15) is 32.6 Å².